The summed E-state index contributed by atoms with van der Waals surface area (Å²) in [6.07, 6.45) is 4.38. The van der Waals surface area contributed by atoms with Crippen LogP contribution in [-0.2, 0) is 24.2 Å². The maximum Gasteiger partial charge on any atom is 0.344 e. The number of sulfone groups is 1. The molecule has 2 unspecified atom stereocenters. The smallest absolute Gasteiger partial charge is 0.344 e. The molecule has 230 valence electrons. The van der Waals surface area contributed by atoms with Crippen LogP contribution in [0.4, 0.5) is 0 Å². The Morgan fingerprint density at radius 2 is 1.86 bits per heavy atom. The van der Waals surface area contributed by atoms with E-state index in [9.17, 15) is 32.7 Å². The molecule has 1 amide bonds. The van der Waals surface area contributed by atoms with Crippen molar-refractivity contribution in [3.8, 4) is 0 Å². The molecule has 4 fully saturated rings. The van der Waals surface area contributed by atoms with Gasteiger partial charge in [-0.1, -0.05) is 33.8 Å². The van der Waals surface area contributed by atoms with Crippen molar-refractivity contribution in [3.05, 3.63) is 46.9 Å². The van der Waals surface area contributed by atoms with E-state index >= 15 is 0 Å². The van der Waals surface area contributed by atoms with Gasteiger partial charge in [0.1, 0.15) is 17.5 Å². The molecule has 0 radical (unpaired) electrons. The van der Waals surface area contributed by atoms with Crippen molar-refractivity contribution in [1.29, 1.82) is 0 Å². The van der Waals surface area contributed by atoms with Gasteiger partial charge in [-0.05, 0) is 55.1 Å². The van der Waals surface area contributed by atoms with Crippen LogP contribution in [0.3, 0.4) is 0 Å². The highest BCUT2D eigenvalue weighted by Crippen LogP contribution is 2.68. The van der Waals surface area contributed by atoms with Crippen molar-refractivity contribution in [3.63, 3.8) is 0 Å². The second-order valence-corrected chi connectivity index (χ2v) is 15.8. The molecule has 1 aliphatic heterocycles. The molecule has 1 aromatic rings. The molecule has 8 atom stereocenters. The fraction of sp³-hybridized carbons (Fsp3) is 0.677. The average Bonchev–Trinajstić information content (AvgIpc) is 3.29. The minimum Gasteiger partial charge on any atom is -0.458 e. The molecular weight excluding hydrogens is 560 g/mol. The second kappa shape index (κ2) is 10.1. The summed E-state index contributed by atoms with van der Waals surface area (Å²) in [4.78, 5) is 53.7. The molecule has 1 N–H and O–H groups in total. The normalized spacial score (nSPS) is 39.3. The number of Topliss-reactive ketones (excluding diaryl/α,β-unsaturated/α-hetero) is 1. The fourth-order valence-electron chi connectivity index (χ4n) is 8.65. The molecule has 0 aromatic carbocycles. The third-order valence-corrected chi connectivity index (χ3v) is 13.4. The topological polar surface area (TPSA) is 140 Å². The maximum absolute atomic E-state index is 13.8. The Bertz CT molecular complexity index is 1490. The molecule has 2 heterocycles. The van der Waals surface area contributed by atoms with Gasteiger partial charge in [0.25, 0.3) is 5.56 Å². The minimum atomic E-state index is -3.25. The van der Waals surface area contributed by atoms with E-state index in [1.807, 2.05) is 20.8 Å². The number of carbonyl (C=O) groups is 3. The lowest BCUT2D eigenvalue weighted by Gasteiger charge is -2.61. The summed E-state index contributed by atoms with van der Waals surface area (Å²) in [5, 5.41) is 12.7. The number of aliphatic hydroxyl groups is 1. The van der Waals surface area contributed by atoms with E-state index in [0.717, 1.165) is 22.5 Å². The number of aliphatic hydroxyl groups excluding tert-OH is 1. The summed E-state index contributed by atoms with van der Waals surface area (Å²) >= 11 is 0. The highest BCUT2D eigenvalue weighted by atomic mass is 32.2. The van der Waals surface area contributed by atoms with Crippen LogP contribution in [0.5, 0.6) is 0 Å². The zero-order valence-corrected chi connectivity index (χ0v) is 25.9. The lowest BCUT2D eigenvalue weighted by atomic mass is 9.44. The standard InChI is InChI=1S/C31H42N2O8S/c1-7-29(4)15-23(30(5)18(2)10-12-31(19(3)25(29)35)13-11-22(34)24(30)31)41-28(38)21-9-8-14-33(27(21)37)32(6)26(36)20-16-42(39,40)17-20/h7-9,14,18-20,23-25,35H,1,10-13,15-17H2,2-6H3/t18?,19-,23+,24?,25-,29+,30-,31-/m0/s1. The van der Waals surface area contributed by atoms with Gasteiger partial charge in [0, 0.05) is 36.4 Å². The summed E-state index contributed by atoms with van der Waals surface area (Å²) in [6, 6.07) is 2.78. The quantitative estimate of drug-likeness (QED) is 0.401. The first-order valence-electron chi connectivity index (χ1n) is 14.8. The Kier molecular flexibility index (Phi) is 7.41. The van der Waals surface area contributed by atoms with Gasteiger partial charge >= 0.3 is 5.97 Å². The average molecular weight is 603 g/mol. The maximum atomic E-state index is 13.8. The zero-order valence-electron chi connectivity index (χ0n) is 25.0. The first-order valence-corrected chi connectivity index (χ1v) is 16.6. The van der Waals surface area contributed by atoms with Gasteiger partial charge in [-0.2, -0.15) is 0 Å². The molecule has 0 spiro atoms. The SMILES string of the molecule is C=C[C@]1(C)C[C@@H](OC(=O)c2cccn(N(C)C(=O)C3CS(=O)(=O)C3)c2=O)[C@]2(C)C(C)CC[C@]3(CCC(=O)C32)[C@@H](C)[C@@H]1O. The predicted octanol–water partition coefficient (Wildman–Crippen LogP) is 2.51. The van der Waals surface area contributed by atoms with E-state index in [1.54, 1.807) is 6.08 Å². The van der Waals surface area contributed by atoms with Gasteiger partial charge in [-0.3, -0.25) is 14.4 Å². The van der Waals surface area contributed by atoms with Gasteiger partial charge < -0.3 is 9.84 Å². The number of ketones is 1. The molecule has 1 saturated heterocycles. The van der Waals surface area contributed by atoms with Crippen LogP contribution in [-0.4, -0.2) is 66.6 Å². The van der Waals surface area contributed by atoms with Crippen molar-refractivity contribution in [2.45, 2.75) is 72.0 Å². The Labute approximate surface area is 247 Å². The molecule has 5 rings (SSSR count). The first-order chi connectivity index (χ1) is 19.5. The van der Waals surface area contributed by atoms with Crippen LogP contribution >= 0.6 is 0 Å². The van der Waals surface area contributed by atoms with E-state index in [2.05, 4.69) is 13.5 Å². The van der Waals surface area contributed by atoms with Crippen LogP contribution in [0.1, 0.15) is 70.2 Å². The molecule has 10 nitrogen and oxygen atoms in total. The first kappa shape index (κ1) is 30.7. The van der Waals surface area contributed by atoms with Crippen LogP contribution in [0.2, 0.25) is 0 Å². The number of nitrogens with zero attached hydrogens (tertiary/aromatic N) is 2. The second-order valence-electron chi connectivity index (χ2n) is 13.7. The largest absolute Gasteiger partial charge is 0.458 e. The molecule has 42 heavy (non-hydrogen) atoms. The Hall–Kier alpha value is -2.79. The van der Waals surface area contributed by atoms with Crippen molar-refractivity contribution in [2.75, 3.05) is 23.6 Å². The third-order valence-electron chi connectivity index (χ3n) is 11.6. The van der Waals surface area contributed by atoms with E-state index in [4.69, 9.17) is 4.74 Å². The van der Waals surface area contributed by atoms with Crippen molar-refractivity contribution in [2.24, 2.45) is 39.9 Å². The van der Waals surface area contributed by atoms with E-state index < -0.39 is 67.6 Å². The van der Waals surface area contributed by atoms with Crippen LogP contribution in [0.25, 0.3) is 0 Å². The molecule has 3 saturated carbocycles. The number of rotatable bonds is 5. The number of hydrogen-bond acceptors (Lipinski definition) is 8. The Morgan fingerprint density at radius 1 is 1.19 bits per heavy atom. The number of amides is 1. The van der Waals surface area contributed by atoms with Gasteiger partial charge in [0.15, 0.2) is 9.84 Å². The lowest BCUT2D eigenvalue weighted by Crippen LogP contribution is -2.63. The number of ether oxygens (including phenoxy) is 1. The summed E-state index contributed by atoms with van der Waals surface area (Å²) in [5.74, 6) is -3.13. The van der Waals surface area contributed by atoms with Gasteiger partial charge in [-0.15, -0.1) is 6.58 Å². The van der Waals surface area contributed by atoms with Crippen molar-refractivity contribution < 1.29 is 32.6 Å². The van der Waals surface area contributed by atoms with E-state index in [1.165, 1.54) is 25.4 Å². The zero-order chi connectivity index (χ0) is 31.0. The van der Waals surface area contributed by atoms with Crippen LogP contribution < -0.4 is 10.6 Å². The van der Waals surface area contributed by atoms with Gasteiger partial charge in [-0.25, -0.2) is 22.9 Å². The Balaban J connectivity index is 1.52. The monoisotopic (exact) mass is 602 g/mol. The predicted molar refractivity (Wildman–Crippen MR) is 156 cm³/mol. The number of pyridine rings is 1. The minimum absolute atomic E-state index is 0.0296. The lowest BCUT2D eigenvalue weighted by molar-refractivity contribution is -0.192. The summed E-state index contributed by atoms with van der Waals surface area (Å²) in [6.45, 7) is 12.1. The number of hydrogen-bond donors (Lipinski definition) is 1. The van der Waals surface area contributed by atoms with E-state index in [-0.39, 0.29) is 41.1 Å². The summed E-state index contributed by atoms with van der Waals surface area (Å²) < 4.78 is 30.4. The molecule has 1 aromatic heterocycles. The molecule has 3 aliphatic carbocycles. The van der Waals surface area contributed by atoms with Gasteiger partial charge in [0.2, 0.25) is 5.91 Å². The Morgan fingerprint density at radius 3 is 2.48 bits per heavy atom. The van der Waals surface area contributed by atoms with Crippen molar-refractivity contribution in [1.82, 2.24) is 4.68 Å². The van der Waals surface area contributed by atoms with E-state index in [0.29, 0.717) is 12.8 Å². The molecular formula is C31H42N2O8S. The van der Waals surface area contributed by atoms with Gasteiger partial charge in [0.05, 0.1) is 23.5 Å². The summed E-state index contributed by atoms with van der Waals surface area (Å²) in [7, 11) is -1.90. The van der Waals surface area contributed by atoms with Crippen LogP contribution in [0, 0.1) is 39.9 Å². The van der Waals surface area contributed by atoms with Crippen LogP contribution in [0.15, 0.2) is 35.8 Å². The fourth-order valence-corrected chi connectivity index (χ4v) is 10.1. The van der Waals surface area contributed by atoms with Crippen molar-refractivity contribution >= 4 is 27.5 Å². The number of esters is 1. The highest BCUT2D eigenvalue weighted by molar-refractivity contribution is 7.92. The molecule has 2 bridgehead atoms. The number of aromatic nitrogens is 1. The molecule has 4 aliphatic rings. The summed E-state index contributed by atoms with van der Waals surface area (Å²) in [5.41, 5.74) is -3.05. The number of carbonyl (C=O) groups excluding carboxylic acids is 3. The third kappa shape index (κ3) is 4.41. The molecule has 11 heteroatoms. The highest BCUT2D eigenvalue weighted by Gasteiger charge is 2.68.